The summed E-state index contributed by atoms with van der Waals surface area (Å²) in [6.45, 7) is 7.88. The summed E-state index contributed by atoms with van der Waals surface area (Å²) in [5.74, 6) is 0.230. The maximum Gasteiger partial charge on any atom is 0.295 e. The van der Waals surface area contributed by atoms with Gasteiger partial charge < -0.3 is 29.1 Å². The molecule has 1 amide bonds. The van der Waals surface area contributed by atoms with Crippen molar-refractivity contribution in [1.82, 2.24) is 9.80 Å². The highest BCUT2D eigenvalue weighted by molar-refractivity contribution is 6.46. The maximum absolute atomic E-state index is 13.3. The number of ether oxygens (including phenoxy) is 3. The molecule has 200 valence electrons. The summed E-state index contributed by atoms with van der Waals surface area (Å²) in [7, 11) is 5.37. The van der Waals surface area contributed by atoms with Crippen molar-refractivity contribution in [3.05, 3.63) is 58.7 Å². The zero-order valence-electron chi connectivity index (χ0n) is 22.7. The minimum Gasteiger partial charge on any atom is -0.507 e. The molecular formula is C29H38N2O6. The fraction of sp³-hybridized carbons (Fsp3) is 0.448. The third-order valence-electron chi connectivity index (χ3n) is 6.20. The highest BCUT2D eigenvalue weighted by Crippen LogP contribution is 2.42. The van der Waals surface area contributed by atoms with E-state index >= 15 is 0 Å². The molecule has 1 N–H and O–H groups in total. The first-order valence-corrected chi connectivity index (χ1v) is 12.7. The number of ketones is 1. The second-order valence-corrected chi connectivity index (χ2v) is 9.38. The zero-order chi connectivity index (χ0) is 27.1. The van der Waals surface area contributed by atoms with Gasteiger partial charge in [0.1, 0.15) is 11.5 Å². The molecule has 1 fully saturated rings. The van der Waals surface area contributed by atoms with Crippen molar-refractivity contribution in [2.45, 2.75) is 39.7 Å². The van der Waals surface area contributed by atoms with E-state index in [1.54, 1.807) is 43.5 Å². The second-order valence-electron chi connectivity index (χ2n) is 9.38. The quantitative estimate of drug-likeness (QED) is 0.254. The molecule has 1 unspecified atom stereocenters. The highest BCUT2D eigenvalue weighted by atomic mass is 16.5. The number of hydrogen-bond acceptors (Lipinski definition) is 7. The van der Waals surface area contributed by atoms with Crippen molar-refractivity contribution in [2.24, 2.45) is 0 Å². The molecule has 1 aliphatic rings. The first kappa shape index (κ1) is 28.1. The van der Waals surface area contributed by atoms with Crippen molar-refractivity contribution < 1.29 is 28.9 Å². The number of nitrogens with zero attached hydrogens (tertiary/aromatic N) is 2. The van der Waals surface area contributed by atoms with Crippen molar-refractivity contribution in [1.29, 1.82) is 0 Å². The minimum absolute atomic E-state index is 0.0528. The number of hydrogen-bond donors (Lipinski definition) is 1. The lowest BCUT2D eigenvalue weighted by Gasteiger charge is -2.27. The van der Waals surface area contributed by atoms with Crippen molar-refractivity contribution in [2.75, 3.05) is 47.5 Å². The summed E-state index contributed by atoms with van der Waals surface area (Å²) in [4.78, 5) is 30.0. The molecule has 8 heteroatoms. The van der Waals surface area contributed by atoms with Gasteiger partial charge in [-0.3, -0.25) is 9.59 Å². The van der Waals surface area contributed by atoms with Crippen LogP contribution in [0.1, 0.15) is 49.4 Å². The monoisotopic (exact) mass is 510 g/mol. The molecule has 1 saturated heterocycles. The topological polar surface area (TPSA) is 88.5 Å². The fourth-order valence-corrected chi connectivity index (χ4v) is 4.28. The first-order valence-electron chi connectivity index (χ1n) is 12.7. The van der Waals surface area contributed by atoms with Crippen molar-refractivity contribution in [3.8, 4) is 17.2 Å². The van der Waals surface area contributed by atoms with Gasteiger partial charge in [0.25, 0.3) is 11.7 Å². The molecule has 2 aromatic carbocycles. The minimum atomic E-state index is -0.772. The smallest absolute Gasteiger partial charge is 0.295 e. The summed E-state index contributed by atoms with van der Waals surface area (Å²) in [5.41, 5.74) is 1.99. The number of amides is 1. The van der Waals surface area contributed by atoms with Crippen LogP contribution in [0.4, 0.5) is 0 Å². The van der Waals surface area contributed by atoms with Gasteiger partial charge in [-0.1, -0.05) is 19.9 Å². The predicted molar refractivity (Wildman–Crippen MR) is 143 cm³/mol. The van der Waals surface area contributed by atoms with Gasteiger partial charge in [0.2, 0.25) is 0 Å². The van der Waals surface area contributed by atoms with Crippen LogP contribution in [0.3, 0.4) is 0 Å². The molecule has 0 spiro atoms. The molecule has 1 atom stereocenters. The molecule has 37 heavy (non-hydrogen) atoms. The molecule has 0 aliphatic carbocycles. The Labute approximate surface area is 219 Å². The van der Waals surface area contributed by atoms with Crippen LogP contribution < -0.4 is 14.2 Å². The van der Waals surface area contributed by atoms with Crippen LogP contribution in [0.2, 0.25) is 0 Å². The van der Waals surface area contributed by atoms with Gasteiger partial charge in [0.15, 0.2) is 11.5 Å². The first-order chi connectivity index (χ1) is 17.7. The summed E-state index contributed by atoms with van der Waals surface area (Å²) in [6.07, 6.45) is 1.69. The van der Waals surface area contributed by atoms with Gasteiger partial charge in [0, 0.05) is 18.7 Å². The van der Waals surface area contributed by atoms with E-state index in [2.05, 4.69) is 0 Å². The Morgan fingerprint density at radius 3 is 2.22 bits per heavy atom. The Bertz CT molecular complexity index is 1160. The number of likely N-dealkylation sites (N-methyl/N-ethyl adjacent to an activating group) is 1. The Kier molecular flexibility index (Phi) is 9.58. The van der Waals surface area contributed by atoms with E-state index in [0.717, 1.165) is 18.4 Å². The summed E-state index contributed by atoms with van der Waals surface area (Å²) < 4.78 is 17.1. The Morgan fingerprint density at radius 1 is 0.973 bits per heavy atom. The van der Waals surface area contributed by atoms with Crippen LogP contribution in [0.15, 0.2) is 42.0 Å². The number of Topliss-reactive ketones (excluding diaryl/α,β-unsaturated/α-hetero) is 1. The highest BCUT2D eigenvalue weighted by Gasteiger charge is 2.46. The van der Waals surface area contributed by atoms with Crippen LogP contribution >= 0.6 is 0 Å². The fourth-order valence-electron chi connectivity index (χ4n) is 4.28. The molecule has 3 rings (SSSR count). The largest absolute Gasteiger partial charge is 0.507 e. The summed E-state index contributed by atoms with van der Waals surface area (Å²) in [5, 5.41) is 11.4. The van der Waals surface area contributed by atoms with E-state index in [0.29, 0.717) is 54.7 Å². The van der Waals surface area contributed by atoms with Crippen LogP contribution in [0, 0.1) is 6.92 Å². The molecule has 0 bridgehead atoms. The molecular weight excluding hydrogens is 472 g/mol. The SMILES string of the molecule is CCCOc1ccc(/C(O)=C2/C(=O)C(=O)N(CCN(C)C)C2c2ccc(OC)c(OCCC)c2)cc1C. The van der Waals surface area contributed by atoms with E-state index in [9.17, 15) is 14.7 Å². The predicted octanol–water partition coefficient (Wildman–Crippen LogP) is 4.56. The average Bonchev–Trinajstić information content (AvgIpc) is 3.14. The molecule has 0 aromatic heterocycles. The van der Waals surface area contributed by atoms with Gasteiger partial charge in [-0.15, -0.1) is 0 Å². The standard InChI is InChI=1S/C29H38N2O6/c1-7-15-36-22-11-10-21(17-19(22)3)27(32)25-26(31(14-13-30(4)5)29(34)28(25)33)20-9-12-23(35-6)24(18-20)37-16-8-2/h9-12,17-18,26,32H,7-8,13-16H2,1-6H3/b27-25-. The number of carbonyl (C=O) groups excluding carboxylic acids is 2. The van der Waals surface area contributed by atoms with E-state index in [-0.39, 0.29) is 11.3 Å². The Balaban J connectivity index is 2.14. The normalized spacial score (nSPS) is 16.9. The number of aliphatic hydroxyl groups excluding tert-OH is 1. The van der Waals surface area contributed by atoms with Crippen LogP contribution in [-0.4, -0.2) is 74.1 Å². The van der Waals surface area contributed by atoms with Crippen LogP contribution in [-0.2, 0) is 9.59 Å². The third-order valence-corrected chi connectivity index (χ3v) is 6.20. The molecule has 1 heterocycles. The molecule has 8 nitrogen and oxygen atoms in total. The molecule has 1 aliphatic heterocycles. The van der Waals surface area contributed by atoms with Gasteiger partial charge in [-0.05, 0) is 75.3 Å². The lowest BCUT2D eigenvalue weighted by molar-refractivity contribution is -0.140. The van der Waals surface area contributed by atoms with Gasteiger partial charge in [-0.25, -0.2) is 0 Å². The molecule has 2 aromatic rings. The van der Waals surface area contributed by atoms with Crippen molar-refractivity contribution in [3.63, 3.8) is 0 Å². The van der Waals surface area contributed by atoms with Gasteiger partial charge in [0.05, 0.1) is 31.9 Å². The lowest BCUT2D eigenvalue weighted by Crippen LogP contribution is -2.35. The number of likely N-dealkylation sites (tertiary alicyclic amines) is 1. The van der Waals surface area contributed by atoms with Crippen LogP contribution in [0.5, 0.6) is 17.2 Å². The lowest BCUT2D eigenvalue weighted by atomic mass is 9.94. The van der Waals surface area contributed by atoms with Gasteiger partial charge in [-0.2, -0.15) is 0 Å². The van der Waals surface area contributed by atoms with Crippen LogP contribution in [0.25, 0.3) is 5.76 Å². The van der Waals surface area contributed by atoms with E-state index in [1.165, 1.54) is 4.90 Å². The summed E-state index contributed by atoms with van der Waals surface area (Å²) >= 11 is 0. The number of methoxy groups -OCH3 is 1. The number of rotatable bonds is 12. The van der Waals surface area contributed by atoms with E-state index in [4.69, 9.17) is 14.2 Å². The number of carbonyl (C=O) groups is 2. The Hall–Kier alpha value is -3.52. The number of aryl methyl sites for hydroxylation is 1. The third kappa shape index (κ3) is 6.25. The second kappa shape index (κ2) is 12.6. The number of benzene rings is 2. The molecule has 0 radical (unpaired) electrons. The summed E-state index contributed by atoms with van der Waals surface area (Å²) in [6, 6.07) is 9.84. The number of aliphatic hydroxyl groups is 1. The molecule has 0 saturated carbocycles. The zero-order valence-corrected chi connectivity index (χ0v) is 22.7. The maximum atomic E-state index is 13.3. The van der Waals surface area contributed by atoms with Crippen molar-refractivity contribution >= 4 is 17.4 Å². The van der Waals surface area contributed by atoms with E-state index in [1.807, 2.05) is 39.8 Å². The average molecular weight is 511 g/mol. The Morgan fingerprint density at radius 2 is 1.62 bits per heavy atom. The van der Waals surface area contributed by atoms with E-state index < -0.39 is 17.7 Å². The van der Waals surface area contributed by atoms with Gasteiger partial charge >= 0.3 is 0 Å².